The zero-order valence-corrected chi connectivity index (χ0v) is 13.8. The second kappa shape index (κ2) is 7.07. The Morgan fingerprint density at radius 2 is 1.95 bits per heavy atom. The average Bonchev–Trinajstić information content (AvgIpc) is 3.28. The van der Waals surface area contributed by atoms with Crippen LogP contribution in [-0.4, -0.2) is 72.7 Å². The molecular formula is C16H31N3O2. The maximum atomic E-state index is 12.0. The number of hydrogen-bond donors (Lipinski definition) is 2. The number of aliphatic carboxylic acids is 1. The molecule has 0 radical (unpaired) electrons. The van der Waals surface area contributed by atoms with Crippen LogP contribution in [0.3, 0.4) is 0 Å². The van der Waals surface area contributed by atoms with Gasteiger partial charge in [-0.3, -0.25) is 4.79 Å². The fraction of sp³-hybridized carbons (Fsp3) is 0.938. The Labute approximate surface area is 128 Å². The Bertz CT molecular complexity index is 351. The van der Waals surface area contributed by atoms with Crippen molar-refractivity contribution < 1.29 is 9.90 Å². The predicted molar refractivity (Wildman–Crippen MR) is 84.5 cm³/mol. The molecular weight excluding hydrogens is 266 g/mol. The minimum absolute atomic E-state index is 0.301. The number of carboxylic acid groups (broad SMARTS) is 1. The third-order valence-corrected chi connectivity index (χ3v) is 5.16. The number of carboxylic acids is 1. The van der Waals surface area contributed by atoms with E-state index in [-0.39, 0.29) is 0 Å². The van der Waals surface area contributed by atoms with Crippen molar-refractivity contribution in [1.82, 2.24) is 15.1 Å². The molecule has 0 aromatic heterocycles. The summed E-state index contributed by atoms with van der Waals surface area (Å²) in [4.78, 5) is 16.6. The van der Waals surface area contributed by atoms with E-state index in [2.05, 4.69) is 36.1 Å². The fourth-order valence-electron chi connectivity index (χ4n) is 3.53. The Morgan fingerprint density at radius 3 is 2.43 bits per heavy atom. The topological polar surface area (TPSA) is 55.8 Å². The summed E-state index contributed by atoms with van der Waals surface area (Å²) in [5.74, 6) is -0.367. The molecule has 1 aliphatic carbocycles. The lowest BCUT2D eigenvalue weighted by atomic mass is 9.90. The van der Waals surface area contributed by atoms with Gasteiger partial charge in [0.05, 0.1) is 0 Å². The van der Waals surface area contributed by atoms with Gasteiger partial charge < -0.3 is 20.2 Å². The molecule has 1 heterocycles. The molecule has 1 aliphatic heterocycles. The molecule has 0 spiro atoms. The second-order valence-corrected chi connectivity index (χ2v) is 6.93. The number of likely N-dealkylation sites (tertiary alicyclic amines) is 1. The van der Waals surface area contributed by atoms with Crippen LogP contribution in [0.25, 0.3) is 0 Å². The first kappa shape index (κ1) is 16.7. The largest absolute Gasteiger partial charge is 0.480 e. The number of nitrogens with zero attached hydrogens (tertiary/aromatic N) is 2. The van der Waals surface area contributed by atoms with Crippen LogP contribution in [-0.2, 0) is 4.79 Å². The molecule has 2 rings (SSSR count). The van der Waals surface area contributed by atoms with Gasteiger partial charge in [0, 0.05) is 12.6 Å². The van der Waals surface area contributed by atoms with Crippen LogP contribution < -0.4 is 5.32 Å². The Hall–Kier alpha value is -0.650. The number of likely N-dealkylation sites (N-methyl/N-ethyl adjacent to an activating group) is 1. The summed E-state index contributed by atoms with van der Waals surface area (Å²) >= 11 is 0. The first-order chi connectivity index (χ1) is 9.99. The third kappa shape index (κ3) is 3.96. The second-order valence-electron chi connectivity index (χ2n) is 6.93. The minimum atomic E-state index is -0.742. The van der Waals surface area contributed by atoms with E-state index >= 15 is 0 Å². The van der Waals surface area contributed by atoms with E-state index < -0.39 is 11.5 Å². The summed E-state index contributed by atoms with van der Waals surface area (Å²) in [6, 6.07) is 0.516. The van der Waals surface area contributed by atoms with Crippen molar-refractivity contribution in [1.29, 1.82) is 0 Å². The quantitative estimate of drug-likeness (QED) is 0.706. The van der Waals surface area contributed by atoms with E-state index in [4.69, 9.17) is 0 Å². The zero-order valence-electron chi connectivity index (χ0n) is 13.8. The van der Waals surface area contributed by atoms with Crippen LogP contribution in [0.2, 0.25) is 0 Å². The monoisotopic (exact) mass is 297 g/mol. The van der Waals surface area contributed by atoms with Gasteiger partial charge >= 0.3 is 5.97 Å². The van der Waals surface area contributed by atoms with Gasteiger partial charge in [0.15, 0.2) is 0 Å². The molecule has 1 unspecified atom stereocenters. The highest BCUT2D eigenvalue weighted by Gasteiger charge is 2.51. The lowest BCUT2D eigenvalue weighted by Gasteiger charge is -2.40. The summed E-state index contributed by atoms with van der Waals surface area (Å²) in [7, 11) is 4.26. The first-order valence-electron chi connectivity index (χ1n) is 8.36. The highest BCUT2D eigenvalue weighted by atomic mass is 16.4. The number of carbonyl (C=O) groups is 1. The molecule has 1 atom stereocenters. The molecule has 21 heavy (non-hydrogen) atoms. The van der Waals surface area contributed by atoms with Gasteiger partial charge in [-0.15, -0.1) is 0 Å². The van der Waals surface area contributed by atoms with Gasteiger partial charge in [0.2, 0.25) is 0 Å². The standard InChI is InChI=1S/C16H31N3O2/c1-4-9-17-16(15(20)21,13-5-6-13)12-19(3)14-7-10-18(2)11-8-14/h13-14,17H,4-12H2,1-3H3,(H,20,21). The molecule has 0 amide bonds. The molecule has 0 aromatic carbocycles. The van der Waals surface area contributed by atoms with Crippen LogP contribution >= 0.6 is 0 Å². The SMILES string of the molecule is CCCNC(CN(C)C1CCN(C)CC1)(C(=O)O)C1CC1. The number of piperidine rings is 1. The molecule has 2 N–H and O–H groups in total. The highest BCUT2D eigenvalue weighted by molar-refractivity contribution is 5.80. The van der Waals surface area contributed by atoms with Crippen molar-refractivity contribution >= 4 is 5.97 Å². The summed E-state index contributed by atoms with van der Waals surface area (Å²) in [5.41, 5.74) is -0.742. The van der Waals surface area contributed by atoms with E-state index in [1.165, 1.54) is 0 Å². The van der Waals surface area contributed by atoms with E-state index in [0.717, 1.165) is 51.7 Å². The van der Waals surface area contributed by atoms with Gasteiger partial charge in [-0.05, 0) is 71.8 Å². The Kier molecular flexibility index (Phi) is 5.63. The van der Waals surface area contributed by atoms with E-state index in [1.54, 1.807) is 0 Å². The minimum Gasteiger partial charge on any atom is -0.480 e. The zero-order chi connectivity index (χ0) is 15.5. The molecule has 122 valence electrons. The van der Waals surface area contributed by atoms with Crippen LogP contribution in [0.5, 0.6) is 0 Å². The van der Waals surface area contributed by atoms with E-state index in [0.29, 0.717) is 18.5 Å². The summed E-state index contributed by atoms with van der Waals surface area (Å²) in [6.45, 7) is 5.72. The lowest BCUT2D eigenvalue weighted by molar-refractivity contribution is -0.147. The van der Waals surface area contributed by atoms with Crippen molar-refractivity contribution in [2.75, 3.05) is 40.3 Å². The molecule has 2 aliphatic rings. The number of rotatable bonds is 8. The van der Waals surface area contributed by atoms with Gasteiger partial charge in [-0.2, -0.15) is 0 Å². The first-order valence-corrected chi connectivity index (χ1v) is 8.36. The molecule has 0 aromatic rings. The lowest BCUT2D eigenvalue weighted by Crippen LogP contribution is -2.62. The molecule has 2 fully saturated rings. The van der Waals surface area contributed by atoms with Gasteiger partial charge in [-0.25, -0.2) is 0 Å². The van der Waals surface area contributed by atoms with Crippen LogP contribution in [0.4, 0.5) is 0 Å². The van der Waals surface area contributed by atoms with Crippen molar-refractivity contribution in [3.8, 4) is 0 Å². The van der Waals surface area contributed by atoms with E-state index in [1.807, 2.05) is 0 Å². The maximum Gasteiger partial charge on any atom is 0.325 e. The van der Waals surface area contributed by atoms with Crippen LogP contribution in [0.1, 0.15) is 39.0 Å². The van der Waals surface area contributed by atoms with Crippen molar-refractivity contribution in [3.63, 3.8) is 0 Å². The normalized spacial score (nSPS) is 24.2. The van der Waals surface area contributed by atoms with Crippen LogP contribution in [0.15, 0.2) is 0 Å². The summed E-state index contributed by atoms with van der Waals surface area (Å²) in [5, 5.41) is 13.2. The van der Waals surface area contributed by atoms with Crippen LogP contribution in [0, 0.1) is 5.92 Å². The van der Waals surface area contributed by atoms with E-state index in [9.17, 15) is 9.90 Å². The molecule has 5 nitrogen and oxygen atoms in total. The smallest absolute Gasteiger partial charge is 0.325 e. The van der Waals surface area contributed by atoms with Crippen molar-refractivity contribution in [2.45, 2.75) is 50.6 Å². The summed E-state index contributed by atoms with van der Waals surface area (Å²) < 4.78 is 0. The van der Waals surface area contributed by atoms with Gasteiger partial charge in [-0.1, -0.05) is 6.92 Å². The molecule has 1 saturated carbocycles. The third-order valence-electron chi connectivity index (χ3n) is 5.16. The maximum absolute atomic E-state index is 12.0. The highest BCUT2D eigenvalue weighted by Crippen LogP contribution is 2.41. The van der Waals surface area contributed by atoms with Gasteiger partial charge in [0.25, 0.3) is 0 Å². The molecule has 1 saturated heterocycles. The average molecular weight is 297 g/mol. The Morgan fingerprint density at radius 1 is 1.33 bits per heavy atom. The van der Waals surface area contributed by atoms with Gasteiger partial charge in [0.1, 0.15) is 5.54 Å². The fourth-order valence-corrected chi connectivity index (χ4v) is 3.53. The Balaban J connectivity index is 2.01. The van der Waals surface area contributed by atoms with Crippen molar-refractivity contribution in [2.24, 2.45) is 5.92 Å². The van der Waals surface area contributed by atoms with Crippen molar-refractivity contribution in [3.05, 3.63) is 0 Å². The molecule has 0 bridgehead atoms. The number of hydrogen-bond acceptors (Lipinski definition) is 4. The number of nitrogens with one attached hydrogen (secondary N) is 1. The molecule has 5 heteroatoms. The predicted octanol–water partition coefficient (Wildman–Crippen LogP) is 1.25. The summed E-state index contributed by atoms with van der Waals surface area (Å²) in [6.07, 6.45) is 5.34.